The maximum Gasteiger partial charge on any atom is 0.143 e. The molecule has 18 heavy (non-hydrogen) atoms. The van der Waals surface area contributed by atoms with Crippen LogP contribution in [0, 0.1) is 0 Å². The van der Waals surface area contributed by atoms with Crippen LogP contribution in [0.15, 0.2) is 47.5 Å². The highest BCUT2D eigenvalue weighted by Crippen LogP contribution is 2.32. The second-order valence-corrected chi connectivity index (χ2v) is 4.66. The molecule has 0 fully saturated rings. The lowest BCUT2D eigenvalue weighted by Crippen LogP contribution is -1.95. The highest BCUT2D eigenvalue weighted by molar-refractivity contribution is 6.36. The Morgan fingerprint density at radius 3 is 2.44 bits per heavy atom. The molecule has 0 atom stereocenters. The van der Waals surface area contributed by atoms with E-state index in [0.717, 1.165) is 5.69 Å². The number of halogens is 2. The Morgan fingerprint density at radius 1 is 1.11 bits per heavy atom. The van der Waals surface area contributed by atoms with E-state index in [2.05, 4.69) is 4.99 Å². The molecule has 2 aromatic rings. The van der Waals surface area contributed by atoms with Gasteiger partial charge in [0.2, 0.25) is 0 Å². The van der Waals surface area contributed by atoms with Crippen LogP contribution in [-0.2, 0) is 0 Å². The topological polar surface area (TPSA) is 32.6 Å². The van der Waals surface area contributed by atoms with Gasteiger partial charge in [-0.05, 0) is 31.2 Å². The Hall–Kier alpha value is -1.51. The first-order chi connectivity index (χ1) is 8.58. The van der Waals surface area contributed by atoms with Crippen molar-refractivity contribution in [2.75, 3.05) is 0 Å². The lowest BCUT2D eigenvalue weighted by molar-refractivity contribution is 0.474. The maximum absolute atomic E-state index is 9.90. The molecule has 0 spiro atoms. The van der Waals surface area contributed by atoms with E-state index in [0.29, 0.717) is 16.3 Å². The lowest BCUT2D eigenvalue weighted by Gasteiger charge is -2.07. The monoisotopic (exact) mass is 279 g/mol. The fourth-order valence-electron chi connectivity index (χ4n) is 1.60. The Morgan fingerprint density at radius 2 is 1.78 bits per heavy atom. The van der Waals surface area contributed by atoms with Gasteiger partial charge in [0, 0.05) is 16.3 Å². The van der Waals surface area contributed by atoms with Crippen LogP contribution in [0.2, 0.25) is 10.0 Å². The first-order valence-electron chi connectivity index (χ1n) is 5.36. The predicted octanol–water partition coefficient (Wildman–Crippen LogP) is 4.84. The smallest absolute Gasteiger partial charge is 0.143 e. The number of rotatable bonds is 2. The number of nitrogens with zero attached hydrogens (tertiary/aromatic N) is 1. The van der Waals surface area contributed by atoms with E-state index in [-0.39, 0.29) is 10.8 Å². The second-order valence-electron chi connectivity index (χ2n) is 3.82. The van der Waals surface area contributed by atoms with Gasteiger partial charge in [0.05, 0.1) is 10.7 Å². The van der Waals surface area contributed by atoms with E-state index in [1.807, 2.05) is 30.3 Å². The number of para-hydroxylation sites is 1. The Kier molecular flexibility index (Phi) is 3.90. The standard InChI is InChI=1S/C14H11Cl2NO/c1-9(17-11-5-3-2-4-6-11)12-7-10(15)8-13(16)14(12)18/h2-8,18H,1H3. The van der Waals surface area contributed by atoms with Crippen molar-refractivity contribution in [1.29, 1.82) is 0 Å². The molecule has 0 amide bonds. The van der Waals surface area contributed by atoms with Gasteiger partial charge < -0.3 is 5.11 Å². The minimum Gasteiger partial charge on any atom is -0.506 e. The maximum atomic E-state index is 9.90. The van der Waals surface area contributed by atoms with Crippen molar-refractivity contribution in [2.45, 2.75) is 6.92 Å². The summed E-state index contributed by atoms with van der Waals surface area (Å²) in [4.78, 5) is 4.41. The molecule has 0 aliphatic carbocycles. The lowest BCUT2D eigenvalue weighted by atomic mass is 10.1. The summed E-state index contributed by atoms with van der Waals surface area (Å²) < 4.78 is 0. The van der Waals surface area contributed by atoms with Gasteiger partial charge in [0.1, 0.15) is 5.75 Å². The molecule has 1 N–H and O–H groups in total. The van der Waals surface area contributed by atoms with Gasteiger partial charge in [0.15, 0.2) is 0 Å². The summed E-state index contributed by atoms with van der Waals surface area (Å²) >= 11 is 11.8. The Bertz CT molecular complexity index is 594. The molecular weight excluding hydrogens is 269 g/mol. The molecule has 0 bridgehead atoms. The summed E-state index contributed by atoms with van der Waals surface area (Å²) in [5, 5.41) is 10.6. The van der Waals surface area contributed by atoms with Gasteiger partial charge >= 0.3 is 0 Å². The van der Waals surface area contributed by atoms with Crippen LogP contribution < -0.4 is 0 Å². The van der Waals surface area contributed by atoms with E-state index in [1.54, 1.807) is 13.0 Å². The minimum absolute atomic E-state index is 0.00162. The summed E-state index contributed by atoms with van der Waals surface area (Å²) in [5.41, 5.74) is 2.00. The van der Waals surface area contributed by atoms with Gasteiger partial charge in [-0.3, -0.25) is 4.99 Å². The van der Waals surface area contributed by atoms with Crippen molar-refractivity contribution in [3.05, 3.63) is 58.1 Å². The predicted molar refractivity (Wildman–Crippen MR) is 76.4 cm³/mol. The van der Waals surface area contributed by atoms with Crippen LogP contribution in [0.1, 0.15) is 12.5 Å². The molecule has 0 aromatic heterocycles. The molecule has 0 aliphatic heterocycles. The third kappa shape index (κ3) is 2.84. The van der Waals surface area contributed by atoms with E-state index < -0.39 is 0 Å². The van der Waals surface area contributed by atoms with Crippen LogP contribution >= 0.6 is 23.2 Å². The number of benzene rings is 2. The number of hydrogen-bond donors (Lipinski definition) is 1. The third-order valence-electron chi connectivity index (χ3n) is 2.47. The Balaban J connectivity index is 2.46. The molecule has 4 heteroatoms. The van der Waals surface area contributed by atoms with Crippen LogP contribution in [0.25, 0.3) is 0 Å². The summed E-state index contributed by atoms with van der Waals surface area (Å²) in [5.74, 6) is -0.00162. The molecule has 0 saturated carbocycles. The van der Waals surface area contributed by atoms with Crippen molar-refractivity contribution >= 4 is 34.6 Å². The summed E-state index contributed by atoms with van der Waals surface area (Å²) in [6, 6.07) is 12.6. The minimum atomic E-state index is -0.00162. The van der Waals surface area contributed by atoms with Crippen molar-refractivity contribution in [1.82, 2.24) is 0 Å². The molecule has 2 nitrogen and oxygen atoms in total. The molecule has 2 aromatic carbocycles. The molecular formula is C14H11Cl2NO. The molecule has 92 valence electrons. The molecule has 0 saturated heterocycles. The van der Waals surface area contributed by atoms with Crippen LogP contribution in [-0.4, -0.2) is 10.8 Å². The summed E-state index contributed by atoms with van der Waals surface area (Å²) in [7, 11) is 0. The SMILES string of the molecule is CC(=Nc1ccccc1)c1cc(Cl)cc(Cl)c1O. The molecule has 0 aliphatic rings. The number of aliphatic imine (C=N–C) groups is 1. The molecule has 2 rings (SSSR count). The fraction of sp³-hybridized carbons (Fsp3) is 0.0714. The van der Waals surface area contributed by atoms with Crippen molar-refractivity contribution in [2.24, 2.45) is 4.99 Å². The van der Waals surface area contributed by atoms with Gasteiger partial charge in [-0.15, -0.1) is 0 Å². The van der Waals surface area contributed by atoms with Gasteiger partial charge in [0.25, 0.3) is 0 Å². The number of phenolic OH excluding ortho intramolecular Hbond substituents is 1. The van der Waals surface area contributed by atoms with Crippen LogP contribution in [0.4, 0.5) is 5.69 Å². The number of phenols is 1. The molecule has 0 heterocycles. The summed E-state index contributed by atoms with van der Waals surface area (Å²) in [6.45, 7) is 1.80. The van der Waals surface area contributed by atoms with Crippen molar-refractivity contribution in [3.63, 3.8) is 0 Å². The zero-order valence-corrected chi connectivity index (χ0v) is 11.2. The summed E-state index contributed by atoms with van der Waals surface area (Å²) in [6.07, 6.45) is 0. The Labute approximate surface area is 116 Å². The average Bonchev–Trinajstić information content (AvgIpc) is 2.35. The largest absolute Gasteiger partial charge is 0.506 e. The van der Waals surface area contributed by atoms with Gasteiger partial charge in [-0.1, -0.05) is 41.4 Å². The van der Waals surface area contributed by atoms with E-state index >= 15 is 0 Å². The molecule has 0 unspecified atom stereocenters. The van der Waals surface area contributed by atoms with Crippen molar-refractivity contribution < 1.29 is 5.11 Å². The second kappa shape index (κ2) is 5.42. The quantitative estimate of drug-likeness (QED) is 0.784. The first kappa shape index (κ1) is 12.9. The van der Waals surface area contributed by atoms with E-state index in [9.17, 15) is 5.11 Å². The van der Waals surface area contributed by atoms with Gasteiger partial charge in [-0.2, -0.15) is 0 Å². The van der Waals surface area contributed by atoms with Crippen LogP contribution in [0.5, 0.6) is 5.75 Å². The van der Waals surface area contributed by atoms with Crippen molar-refractivity contribution in [3.8, 4) is 5.75 Å². The fourth-order valence-corrected chi connectivity index (χ4v) is 2.09. The highest BCUT2D eigenvalue weighted by Gasteiger charge is 2.10. The third-order valence-corrected chi connectivity index (χ3v) is 2.98. The zero-order valence-electron chi connectivity index (χ0n) is 9.69. The zero-order chi connectivity index (χ0) is 13.1. The first-order valence-corrected chi connectivity index (χ1v) is 6.12. The van der Waals surface area contributed by atoms with E-state index in [1.165, 1.54) is 6.07 Å². The van der Waals surface area contributed by atoms with Crippen LogP contribution in [0.3, 0.4) is 0 Å². The number of hydrogen-bond acceptors (Lipinski definition) is 2. The highest BCUT2D eigenvalue weighted by atomic mass is 35.5. The number of aromatic hydroxyl groups is 1. The average molecular weight is 280 g/mol. The molecule has 0 radical (unpaired) electrons. The normalized spacial score (nSPS) is 11.6. The van der Waals surface area contributed by atoms with E-state index in [4.69, 9.17) is 23.2 Å². The van der Waals surface area contributed by atoms with Gasteiger partial charge in [-0.25, -0.2) is 0 Å².